The number of carbonyl (C=O) groups is 1. The smallest absolute Gasteiger partial charge is 0.325 e. The fourth-order valence-corrected chi connectivity index (χ4v) is 8.70. The molecule has 276 valence electrons. The van der Waals surface area contributed by atoms with Gasteiger partial charge in [-0.3, -0.25) is 9.13 Å². The van der Waals surface area contributed by atoms with E-state index < -0.39 is 20.9 Å². The van der Waals surface area contributed by atoms with Crippen LogP contribution >= 0.6 is 15.0 Å². The maximum absolute atomic E-state index is 12.2. The zero-order valence-electron chi connectivity index (χ0n) is 30.7. The van der Waals surface area contributed by atoms with Crippen LogP contribution in [0.2, 0.25) is 0 Å². The molecule has 2 aliphatic heterocycles. The first kappa shape index (κ1) is 39.4. The SMILES string of the molecule is CC1(C)C(=CC=C(C=CC2=[N+](CCCP(C)(=O)O)c3ccccc3C2(C)C)c2ccc(CCC(=O)[O-])cc2)N(CCCP(=O)(O)O)c2ccccc21. The summed E-state index contributed by atoms with van der Waals surface area (Å²) < 4.78 is 26.2. The van der Waals surface area contributed by atoms with Crippen molar-refractivity contribution in [2.24, 2.45) is 0 Å². The topological polar surface area (TPSA) is 141 Å². The van der Waals surface area contributed by atoms with Gasteiger partial charge in [-0.05, 0) is 73.6 Å². The van der Waals surface area contributed by atoms with Crippen LogP contribution in [-0.2, 0) is 31.2 Å². The van der Waals surface area contributed by atoms with E-state index in [0.717, 1.165) is 45.0 Å². The lowest BCUT2D eigenvalue weighted by molar-refractivity contribution is -0.437. The molecule has 3 aromatic carbocycles. The van der Waals surface area contributed by atoms with E-state index in [2.05, 4.69) is 79.7 Å². The molecule has 3 N–H and O–H groups in total. The number of anilines is 1. The van der Waals surface area contributed by atoms with Crippen molar-refractivity contribution in [2.45, 2.75) is 64.2 Å². The van der Waals surface area contributed by atoms with Gasteiger partial charge in [-0.25, -0.2) is 0 Å². The second kappa shape index (κ2) is 15.6. The lowest BCUT2D eigenvalue weighted by Gasteiger charge is -2.27. The number of rotatable bonds is 15. The molecule has 1 unspecified atom stereocenters. The van der Waals surface area contributed by atoms with Crippen molar-refractivity contribution in [1.82, 2.24) is 0 Å². The van der Waals surface area contributed by atoms with Crippen LogP contribution in [0.3, 0.4) is 0 Å². The Morgan fingerprint density at radius 1 is 0.865 bits per heavy atom. The highest BCUT2D eigenvalue weighted by atomic mass is 31.2. The summed E-state index contributed by atoms with van der Waals surface area (Å²) in [5, 5.41) is 11.1. The molecule has 2 aliphatic rings. The Hall–Kier alpha value is -3.84. The predicted octanol–water partition coefficient (Wildman–Crippen LogP) is 6.92. The van der Waals surface area contributed by atoms with Gasteiger partial charge in [0.25, 0.3) is 0 Å². The molecule has 52 heavy (non-hydrogen) atoms. The zero-order valence-corrected chi connectivity index (χ0v) is 32.4. The van der Waals surface area contributed by atoms with E-state index in [9.17, 15) is 33.7 Å². The van der Waals surface area contributed by atoms with Gasteiger partial charge in [0.2, 0.25) is 5.69 Å². The number of benzene rings is 3. The first-order valence-corrected chi connectivity index (χ1v) is 21.8. The Labute approximate surface area is 307 Å². The third-order valence-electron chi connectivity index (χ3n) is 10.1. The molecule has 0 saturated heterocycles. The summed E-state index contributed by atoms with van der Waals surface area (Å²) in [7, 11) is -7.32. The molecule has 11 heteroatoms. The number of hydrogen-bond donors (Lipinski definition) is 3. The Morgan fingerprint density at radius 3 is 2.17 bits per heavy atom. The second-order valence-corrected chi connectivity index (χ2v) is 19.2. The molecule has 1 atom stereocenters. The number of carboxylic acids is 1. The fraction of sp³-hybridized carbons (Fsp3) is 0.366. The Bertz CT molecular complexity index is 2030. The summed E-state index contributed by atoms with van der Waals surface area (Å²) >= 11 is 0. The first-order chi connectivity index (χ1) is 24.4. The third-order valence-corrected chi connectivity index (χ3v) is 12.2. The molecule has 5 rings (SSSR count). The number of fused-ring (bicyclic) bond motifs is 2. The van der Waals surface area contributed by atoms with E-state index in [1.54, 1.807) is 0 Å². The van der Waals surface area contributed by atoms with E-state index in [1.165, 1.54) is 12.2 Å². The van der Waals surface area contributed by atoms with Crippen molar-refractivity contribution in [3.8, 4) is 0 Å². The molecule has 0 fully saturated rings. The van der Waals surface area contributed by atoms with E-state index in [0.29, 0.717) is 32.4 Å². The van der Waals surface area contributed by atoms with Crippen molar-refractivity contribution in [3.05, 3.63) is 125 Å². The average molecular weight is 745 g/mol. The average Bonchev–Trinajstić information content (AvgIpc) is 3.41. The number of hydrogen-bond acceptors (Lipinski definition) is 5. The normalized spacial score (nSPS) is 18.6. The van der Waals surface area contributed by atoms with Crippen molar-refractivity contribution in [2.75, 3.05) is 37.0 Å². The van der Waals surface area contributed by atoms with Crippen LogP contribution in [0.4, 0.5) is 11.4 Å². The number of nitrogens with zero attached hydrogens (tertiary/aromatic N) is 2. The van der Waals surface area contributed by atoms with E-state index in [-0.39, 0.29) is 29.6 Å². The number of aryl methyl sites for hydroxylation is 1. The van der Waals surface area contributed by atoms with Crippen LogP contribution in [0.15, 0.2) is 103 Å². The third kappa shape index (κ3) is 9.20. The second-order valence-electron chi connectivity index (χ2n) is 14.9. The van der Waals surface area contributed by atoms with Crippen LogP contribution < -0.4 is 10.0 Å². The van der Waals surface area contributed by atoms with Gasteiger partial charge in [0, 0.05) is 66.3 Å². The minimum absolute atomic E-state index is 0.0604. The molecule has 9 nitrogen and oxygen atoms in total. The standard InChI is InChI=1S/C41H50N2O7P2/c1-40(2)33-12-6-8-14-35(33)42(26-10-28-51(5,46)47)37(40)23-21-32(31-19-16-30(17-20-31)18-25-39(44)45)22-24-38-41(3,4)34-13-7-9-15-36(34)43(38)27-11-29-52(48,49)50/h6-9,12-17,19-24H,10-11,18,25-29H2,1-5H3,(H3-,44,45,46,47,48,49,50). The lowest BCUT2D eigenvalue weighted by Crippen LogP contribution is -2.28. The van der Waals surface area contributed by atoms with Crippen molar-refractivity contribution >= 4 is 43.6 Å². The van der Waals surface area contributed by atoms with Crippen LogP contribution in [0.1, 0.15) is 69.2 Å². The van der Waals surface area contributed by atoms with E-state index in [1.807, 2.05) is 54.6 Å². The number of carbonyl (C=O) groups excluding carboxylic acids is 1. The maximum Gasteiger partial charge on any atom is 0.325 e. The monoisotopic (exact) mass is 744 g/mol. The fourth-order valence-electron chi connectivity index (χ4n) is 7.42. The van der Waals surface area contributed by atoms with Crippen molar-refractivity contribution in [1.29, 1.82) is 0 Å². The molecular weight excluding hydrogens is 694 g/mol. The summed E-state index contributed by atoms with van der Waals surface area (Å²) in [6.45, 7) is 11.1. The highest BCUT2D eigenvalue weighted by molar-refractivity contribution is 7.57. The number of para-hydroxylation sites is 2. The maximum atomic E-state index is 12.2. The molecule has 3 aromatic rings. The van der Waals surface area contributed by atoms with Crippen molar-refractivity contribution in [3.63, 3.8) is 0 Å². The summed E-state index contributed by atoms with van der Waals surface area (Å²) in [4.78, 5) is 42.5. The Morgan fingerprint density at radius 2 is 1.52 bits per heavy atom. The molecule has 0 aromatic heterocycles. The van der Waals surface area contributed by atoms with Gasteiger partial charge in [0.15, 0.2) is 13.1 Å². The summed E-state index contributed by atoms with van der Waals surface area (Å²) in [6, 6.07) is 24.2. The van der Waals surface area contributed by atoms with Crippen LogP contribution in [0.25, 0.3) is 5.57 Å². The Balaban J connectivity index is 1.60. The lowest BCUT2D eigenvalue weighted by atomic mass is 9.81. The van der Waals surface area contributed by atoms with Gasteiger partial charge >= 0.3 is 7.60 Å². The predicted molar refractivity (Wildman–Crippen MR) is 208 cm³/mol. The van der Waals surface area contributed by atoms with Gasteiger partial charge in [0.05, 0.1) is 11.6 Å². The van der Waals surface area contributed by atoms with Gasteiger partial charge in [0.1, 0.15) is 6.54 Å². The number of carboxylic acid groups (broad SMARTS) is 1. The molecule has 2 heterocycles. The highest BCUT2D eigenvalue weighted by Crippen LogP contribution is 2.48. The molecule has 0 saturated carbocycles. The molecule has 0 amide bonds. The van der Waals surface area contributed by atoms with E-state index in [4.69, 9.17) is 0 Å². The molecule has 0 spiro atoms. The summed E-state index contributed by atoms with van der Waals surface area (Å²) in [6.07, 6.45) is 9.61. The Kier molecular flexibility index (Phi) is 11.8. The van der Waals surface area contributed by atoms with Gasteiger partial charge in [-0.15, -0.1) is 0 Å². The number of allylic oxidation sites excluding steroid dienone is 6. The summed E-state index contributed by atoms with van der Waals surface area (Å²) in [5.74, 6) is -1.09. The quantitative estimate of drug-likeness (QED) is 0.0866. The van der Waals surface area contributed by atoms with Gasteiger partial charge in [-0.1, -0.05) is 80.6 Å². The van der Waals surface area contributed by atoms with Gasteiger partial charge in [-0.2, -0.15) is 4.58 Å². The summed E-state index contributed by atoms with van der Waals surface area (Å²) in [5.41, 5.74) is 8.49. The first-order valence-electron chi connectivity index (χ1n) is 17.7. The number of aliphatic carboxylic acids is 1. The minimum Gasteiger partial charge on any atom is -0.550 e. The minimum atomic E-state index is -4.15. The largest absolute Gasteiger partial charge is 0.550 e. The van der Waals surface area contributed by atoms with Crippen LogP contribution in [-0.4, -0.2) is 63.0 Å². The molecular formula is C41H50N2O7P2. The molecule has 0 bridgehead atoms. The highest BCUT2D eigenvalue weighted by Gasteiger charge is 2.44. The van der Waals surface area contributed by atoms with Crippen molar-refractivity contribution < 1.29 is 38.3 Å². The van der Waals surface area contributed by atoms with E-state index >= 15 is 0 Å². The molecule has 0 aliphatic carbocycles. The van der Waals surface area contributed by atoms with Gasteiger partial charge < -0.3 is 29.5 Å². The van der Waals surface area contributed by atoms with Crippen LogP contribution in [0.5, 0.6) is 0 Å². The molecule has 0 radical (unpaired) electrons. The van der Waals surface area contributed by atoms with Crippen LogP contribution in [0, 0.1) is 0 Å². The zero-order chi connectivity index (χ0) is 37.9.